The quantitative estimate of drug-likeness (QED) is 0.571. The van der Waals surface area contributed by atoms with E-state index in [4.69, 9.17) is 22.1 Å². The predicted octanol–water partition coefficient (Wildman–Crippen LogP) is 0.770. The second-order valence-electron chi connectivity index (χ2n) is 5.73. The fourth-order valence-corrected chi connectivity index (χ4v) is 3.48. The van der Waals surface area contributed by atoms with Crippen molar-refractivity contribution in [3.8, 4) is 0 Å². The van der Waals surface area contributed by atoms with Crippen LogP contribution in [0.15, 0.2) is 29.2 Å². The number of sulfonamides is 1. The van der Waals surface area contributed by atoms with Crippen molar-refractivity contribution in [2.45, 2.75) is 37.8 Å². The number of primary amides is 1. The summed E-state index contributed by atoms with van der Waals surface area (Å²) in [7, 11) is -4.06. The molecule has 144 valence electrons. The van der Waals surface area contributed by atoms with E-state index < -0.39 is 46.0 Å². The van der Waals surface area contributed by atoms with Gasteiger partial charge in [0.1, 0.15) is 6.04 Å². The Kier molecular flexibility index (Phi) is 7.54. The molecule has 26 heavy (non-hydrogen) atoms. The lowest BCUT2D eigenvalue weighted by Gasteiger charge is -2.22. The van der Waals surface area contributed by atoms with Crippen molar-refractivity contribution in [3.05, 3.63) is 29.3 Å². The lowest BCUT2D eigenvalue weighted by Crippen LogP contribution is -2.48. The number of hydrogen-bond acceptors (Lipinski definition) is 6. The Hall–Kier alpha value is -2.17. The van der Waals surface area contributed by atoms with Crippen LogP contribution in [0.5, 0.6) is 0 Å². The highest BCUT2D eigenvalue weighted by Crippen LogP contribution is 2.17. The van der Waals surface area contributed by atoms with Crippen LogP contribution in [0.4, 0.5) is 4.79 Å². The Labute approximate surface area is 156 Å². The number of imide groups is 1. The molecular weight excluding hydrogens is 386 g/mol. The van der Waals surface area contributed by atoms with Gasteiger partial charge in [0, 0.05) is 5.02 Å². The summed E-state index contributed by atoms with van der Waals surface area (Å²) in [6, 6.07) is 3.15. The molecule has 1 aromatic rings. The topological polar surface area (TPSA) is 145 Å². The Morgan fingerprint density at radius 3 is 2.31 bits per heavy atom. The summed E-state index contributed by atoms with van der Waals surface area (Å²) in [6.45, 7) is 4.42. The molecule has 0 saturated heterocycles. The summed E-state index contributed by atoms with van der Waals surface area (Å²) < 4.78 is 32.1. The highest BCUT2D eigenvalue weighted by atomic mass is 35.5. The van der Waals surface area contributed by atoms with Crippen LogP contribution in [-0.2, 0) is 24.3 Å². The molecule has 1 rings (SSSR count). The van der Waals surface area contributed by atoms with Crippen LogP contribution in [0, 0.1) is 5.92 Å². The van der Waals surface area contributed by atoms with Gasteiger partial charge in [-0.2, -0.15) is 4.72 Å². The van der Waals surface area contributed by atoms with E-state index in [2.05, 4.69) is 4.72 Å². The normalized spacial score (nSPS) is 13.7. The molecule has 0 aliphatic rings. The third-order valence-electron chi connectivity index (χ3n) is 3.22. The molecular formula is C15H20ClN3O6S. The number of esters is 1. The summed E-state index contributed by atoms with van der Waals surface area (Å²) >= 11 is 5.79. The molecule has 2 atom stereocenters. The molecule has 1 aromatic carbocycles. The van der Waals surface area contributed by atoms with Crippen LogP contribution in [-0.4, -0.2) is 38.5 Å². The number of nitrogens with two attached hydrogens (primary N) is 1. The second-order valence-corrected chi connectivity index (χ2v) is 7.88. The second kappa shape index (κ2) is 8.97. The van der Waals surface area contributed by atoms with Gasteiger partial charge in [-0.1, -0.05) is 31.5 Å². The third-order valence-corrected chi connectivity index (χ3v) is 4.89. The molecule has 0 aliphatic heterocycles. The number of ether oxygens (including phenoxy) is 1. The van der Waals surface area contributed by atoms with Gasteiger partial charge in [0.2, 0.25) is 10.0 Å². The highest BCUT2D eigenvalue weighted by Gasteiger charge is 2.32. The van der Waals surface area contributed by atoms with Crippen molar-refractivity contribution in [3.63, 3.8) is 0 Å². The SMILES string of the molecule is CC(C)[C@H](NS(=O)(=O)c1cccc(Cl)c1)C(=O)O[C@H](C)C(=O)NC(N)=O. The number of carbonyl (C=O) groups is 3. The zero-order valence-electron chi connectivity index (χ0n) is 14.4. The van der Waals surface area contributed by atoms with Gasteiger partial charge < -0.3 is 10.5 Å². The maximum Gasteiger partial charge on any atom is 0.325 e. The molecule has 0 aromatic heterocycles. The Balaban J connectivity index is 2.93. The number of hydrogen-bond donors (Lipinski definition) is 3. The van der Waals surface area contributed by atoms with Gasteiger partial charge in [-0.3, -0.25) is 14.9 Å². The molecule has 0 spiro atoms. The van der Waals surface area contributed by atoms with E-state index in [1.54, 1.807) is 19.2 Å². The lowest BCUT2D eigenvalue weighted by atomic mass is 10.1. The van der Waals surface area contributed by atoms with Crippen LogP contribution in [0.3, 0.4) is 0 Å². The monoisotopic (exact) mass is 405 g/mol. The molecule has 0 fully saturated rings. The average Bonchev–Trinajstić information content (AvgIpc) is 2.51. The van der Waals surface area contributed by atoms with Gasteiger partial charge in [0.05, 0.1) is 4.90 Å². The first kappa shape index (κ1) is 21.9. The first-order valence-corrected chi connectivity index (χ1v) is 9.39. The summed E-state index contributed by atoms with van der Waals surface area (Å²) in [6.07, 6.45) is -1.34. The Morgan fingerprint density at radius 2 is 1.81 bits per heavy atom. The van der Waals surface area contributed by atoms with Crippen molar-refractivity contribution in [1.29, 1.82) is 0 Å². The summed E-state index contributed by atoms with van der Waals surface area (Å²) in [5, 5.41) is 1.98. The van der Waals surface area contributed by atoms with Crippen molar-refractivity contribution < 1.29 is 27.5 Å². The van der Waals surface area contributed by atoms with Gasteiger partial charge in [-0.15, -0.1) is 0 Å². The van der Waals surface area contributed by atoms with Crippen LogP contribution in [0.2, 0.25) is 5.02 Å². The Morgan fingerprint density at radius 1 is 1.19 bits per heavy atom. The lowest BCUT2D eigenvalue weighted by molar-refractivity contribution is -0.157. The number of carbonyl (C=O) groups excluding carboxylic acids is 3. The molecule has 0 unspecified atom stereocenters. The minimum absolute atomic E-state index is 0.122. The fraction of sp³-hybridized carbons (Fsp3) is 0.400. The molecule has 3 amide bonds. The maximum absolute atomic E-state index is 12.5. The van der Waals surface area contributed by atoms with Crippen LogP contribution >= 0.6 is 11.6 Å². The van der Waals surface area contributed by atoms with Crippen LogP contribution < -0.4 is 15.8 Å². The van der Waals surface area contributed by atoms with Gasteiger partial charge in [-0.25, -0.2) is 13.2 Å². The molecule has 0 heterocycles. The summed E-state index contributed by atoms with van der Waals surface area (Å²) in [5.41, 5.74) is 4.82. The van der Waals surface area contributed by atoms with Gasteiger partial charge in [0.15, 0.2) is 6.10 Å². The van der Waals surface area contributed by atoms with E-state index in [-0.39, 0.29) is 9.92 Å². The first-order valence-electron chi connectivity index (χ1n) is 7.52. The number of urea groups is 1. The number of halogens is 1. The fourth-order valence-electron chi connectivity index (χ4n) is 1.85. The van der Waals surface area contributed by atoms with E-state index in [0.717, 1.165) is 0 Å². The molecule has 0 aliphatic carbocycles. The standard InChI is InChI=1S/C15H20ClN3O6S/c1-8(2)12(14(21)25-9(3)13(20)18-15(17)22)19-26(23,24)11-6-4-5-10(16)7-11/h4-9,12,19H,1-3H3,(H3,17,18,20,22)/t9-,12+/m1/s1. The van der Waals surface area contributed by atoms with E-state index >= 15 is 0 Å². The number of benzene rings is 1. The molecule has 4 N–H and O–H groups in total. The van der Waals surface area contributed by atoms with Crippen molar-refractivity contribution in [2.24, 2.45) is 11.7 Å². The number of amides is 3. The molecule has 0 saturated carbocycles. The molecule has 11 heteroatoms. The summed E-state index contributed by atoms with van der Waals surface area (Å²) in [5.74, 6) is -2.38. The number of nitrogens with one attached hydrogen (secondary N) is 2. The predicted molar refractivity (Wildman–Crippen MR) is 93.7 cm³/mol. The van der Waals surface area contributed by atoms with Crippen molar-refractivity contribution >= 4 is 39.5 Å². The van der Waals surface area contributed by atoms with Gasteiger partial charge in [0.25, 0.3) is 5.91 Å². The third kappa shape index (κ3) is 6.28. The van der Waals surface area contributed by atoms with E-state index in [0.29, 0.717) is 0 Å². The maximum atomic E-state index is 12.5. The van der Waals surface area contributed by atoms with Crippen molar-refractivity contribution in [2.75, 3.05) is 0 Å². The number of rotatable bonds is 7. The smallest absolute Gasteiger partial charge is 0.325 e. The van der Waals surface area contributed by atoms with Gasteiger partial charge in [-0.05, 0) is 31.0 Å². The highest BCUT2D eigenvalue weighted by molar-refractivity contribution is 7.89. The zero-order valence-corrected chi connectivity index (χ0v) is 15.9. The van der Waals surface area contributed by atoms with Crippen molar-refractivity contribution in [1.82, 2.24) is 10.0 Å². The van der Waals surface area contributed by atoms with Crippen LogP contribution in [0.1, 0.15) is 20.8 Å². The van der Waals surface area contributed by atoms with Crippen LogP contribution in [0.25, 0.3) is 0 Å². The summed E-state index contributed by atoms with van der Waals surface area (Å²) in [4.78, 5) is 34.4. The van der Waals surface area contributed by atoms with E-state index in [1.807, 2.05) is 0 Å². The average molecular weight is 406 g/mol. The largest absolute Gasteiger partial charge is 0.451 e. The minimum Gasteiger partial charge on any atom is -0.451 e. The molecule has 0 radical (unpaired) electrons. The molecule has 9 nitrogen and oxygen atoms in total. The minimum atomic E-state index is -4.06. The Bertz CT molecular complexity index is 796. The van der Waals surface area contributed by atoms with E-state index in [1.165, 1.54) is 31.2 Å². The van der Waals surface area contributed by atoms with E-state index in [9.17, 15) is 22.8 Å². The molecule has 0 bridgehead atoms. The zero-order chi connectivity index (χ0) is 20.1. The van der Waals surface area contributed by atoms with Gasteiger partial charge >= 0.3 is 12.0 Å². The first-order chi connectivity index (χ1) is 11.9.